The summed E-state index contributed by atoms with van der Waals surface area (Å²) in [6.45, 7) is 7.86. The molecule has 0 amide bonds. The normalized spacial score (nSPS) is 39.0. The van der Waals surface area contributed by atoms with Crippen LogP contribution in [0.25, 0.3) is 0 Å². The van der Waals surface area contributed by atoms with E-state index >= 15 is 0 Å². The molecule has 2 bridgehead atoms. The zero-order valence-corrected chi connectivity index (χ0v) is 11.0. The van der Waals surface area contributed by atoms with Gasteiger partial charge in [-0.3, -0.25) is 4.90 Å². The standard InChI is InChI=1S/C14H26N2O/c1-2-15-14(12-5-6-17-10-12)9-16-8-11-3-4-13(16)7-11/h11-15H,2-10H2,1H3. The molecule has 0 spiro atoms. The van der Waals surface area contributed by atoms with Crippen LogP contribution in [-0.2, 0) is 4.74 Å². The van der Waals surface area contributed by atoms with Crippen LogP contribution in [-0.4, -0.2) is 49.8 Å². The van der Waals surface area contributed by atoms with Crippen molar-refractivity contribution in [3.05, 3.63) is 0 Å². The molecule has 3 fully saturated rings. The van der Waals surface area contributed by atoms with Gasteiger partial charge in [0.1, 0.15) is 0 Å². The predicted molar refractivity (Wildman–Crippen MR) is 69.1 cm³/mol. The molecule has 17 heavy (non-hydrogen) atoms. The Bertz CT molecular complexity index is 253. The highest BCUT2D eigenvalue weighted by molar-refractivity contribution is 4.94. The van der Waals surface area contributed by atoms with Crippen molar-refractivity contribution in [3.63, 3.8) is 0 Å². The summed E-state index contributed by atoms with van der Waals surface area (Å²) in [6, 6.07) is 1.56. The molecule has 0 aromatic rings. The lowest BCUT2D eigenvalue weighted by molar-refractivity contribution is 0.146. The lowest BCUT2D eigenvalue weighted by Crippen LogP contribution is -2.48. The van der Waals surface area contributed by atoms with Gasteiger partial charge in [0.05, 0.1) is 6.61 Å². The van der Waals surface area contributed by atoms with Gasteiger partial charge in [-0.05, 0) is 38.1 Å². The molecule has 4 atom stereocenters. The van der Waals surface area contributed by atoms with E-state index in [1.54, 1.807) is 0 Å². The molecule has 3 heteroatoms. The van der Waals surface area contributed by atoms with Gasteiger partial charge in [-0.2, -0.15) is 0 Å². The maximum Gasteiger partial charge on any atom is 0.0510 e. The third-order valence-electron chi connectivity index (χ3n) is 4.95. The number of likely N-dealkylation sites (tertiary alicyclic amines) is 1. The van der Waals surface area contributed by atoms with Gasteiger partial charge in [-0.1, -0.05) is 6.92 Å². The fourth-order valence-electron chi connectivity index (χ4n) is 4.02. The van der Waals surface area contributed by atoms with Crippen molar-refractivity contribution in [2.45, 2.75) is 44.7 Å². The van der Waals surface area contributed by atoms with Crippen LogP contribution in [0.2, 0.25) is 0 Å². The Kier molecular flexibility index (Phi) is 3.69. The van der Waals surface area contributed by atoms with Gasteiger partial charge in [-0.25, -0.2) is 0 Å². The third-order valence-corrected chi connectivity index (χ3v) is 4.95. The van der Waals surface area contributed by atoms with Crippen molar-refractivity contribution in [1.82, 2.24) is 10.2 Å². The van der Waals surface area contributed by atoms with Crippen LogP contribution in [0, 0.1) is 11.8 Å². The Morgan fingerprint density at radius 1 is 1.35 bits per heavy atom. The molecule has 3 aliphatic rings. The van der Waals surface area contributed by atoms with E-state index in [1.807, 2.05) is 0 Å². The van der Waals surface area contributed by atoms with Crippen molar-refractivity contribution in [1.29, 1.82) is 0 Å². The first kappa shape index (κ1) is 11.9. The van der Waals surface area contributed by atoms with Gasteiger partial charge in [0, 0.05) is 37.7 Å². The summed E-state index contributed by atoms with van der Waals surface area (Å²) in [5.41, 5.74) is 0. The Labute approximate surface area is 105 Å². The maximum absolute atomic E-state index is 5.55. The van der Waals surface area contributed by atoms with Crippen LogP contribution in [0.15, 0.2) is 0 Å². The summed E-state index contributed by atoms with van der Waals surface area (Å²) in [4.78, 5) is 2.75. The van der Waals surface area contributed by atoms with E-state index in [0.29, 0.717) is 6.04 Å². The SMILES string of the molecule is CCNC(CN1CC2CCC1C2)C1CCOC1. The smallest absolute Gasteiger partial charge is 0.0510 e. The van der Waals surface area contributed by atoms with E-state index < -0.39 is 0 Å². The van der Waals surface area contributed by atoms with Crippen LogP contribution in [0.1, 0.15) is 32.6 Å². The molecule has 98 valence electrons. The number of piperidine rings is 1. The van der Waals surface area contributed by atoms with Crippen molar-refractivity contribution in [3.8, 4) is 0 Å². The molecule has 1 aliphatic carbocycles. The Morgan fingerprint density at radius 3 is 2.88 bits per heavy atom. The molecule has 0 aromatic carbocycles. The summed E-state index contributed by atoms with van der Waals surface area (Å²) in [7, 11) is 0. The maximum atomic E-state index is 5.55. The van der Waals surface area contributed by atoms with E-state index in [-0.39, 0.29) is 0 Å². The summed E-state index contributed by atoms with van der Waals surface area (Å²) in [5, 5.41) is 3.69. The van der Waals surface area contributed by atoms with Crippen molar-refractivity contribution >= 4 is 0 Å². The van der Waals surface area contributed by atoms with Gasteiger partial charge in [0.15, 0.2) is 0 Å². The number of rotatable bonds is 5. The van der Waals surface area contributed by atoms with Crippen molar-refractivity contribution < 1.29 is 4.74 Å². The van der Waals surface area contributed by atoms with Gasteiger partial charge in [-0.15, -0.1) is 0 Å². The molecule has 2 saturated heterocycles. The predicted octanol–water partition coefficient (Wildman–Crippen LogP) is 1.49. The number of fused-ring (bicyclic) bond motifs is 2. The second-order valence-electron chi connectivity index (χ2n) is 6.07. The number of nitrogens with one attached hydrogen (secondary N) is 1. The number of ether oxygens (including phenoxy) is 1. The van der Waals surface area contributed by atoms with Gasteiger partial charge < -0.3 is 10.1 Å². The first-order valence-corrected chi connectivity index (χ1v) is 7.42. The zero-order chi connectivity index (χ0) is 11.7. The monoisotopic (exact) mass is 238 g/mol. The summed E-state index contributed by atoms with van der Waals surface area (Å²) in [6.07, 6.45) is 5.66. The average Bonchev–Trinajstić information content (AvgIpc) is 3.06. The van der Waals surface area contributed by atoms with E-state index in [2.05, 4.69) is 17.1 Å². The molecule has 2 heterocycles. The van der Waals surface area contributed by atoms with Crippen LogP contribution < -0.4 is 5.32 Å². The first-order valence-electron chi connectivity index (χ1n) is 7.42. The highest BCUT2D eigenvalue weighted by atomic mass is 16.5. The fourth-order valence-corrected chi connectivity index (χ4v) is 4.02. The van der Waals surface area contributed by atoms with E-state index in [1.165, 1.54) is 38.8 Å². The number of hydrogen-bond acceptors (Lipinski definition) is 3. The quantitative estimate of drug-likeness (QED) is 0.785. The molecule has 0 aromatic heterocycles. The highest BCUT2D eigenvalue weighted by Crippen LogP contribution is 2.37. The van der Waals surface area contributed by atoms with E-state index in [9.17, 15) is 0 Å². The van der Waals surface area contributed by atoms with Crippen LogP contribution >= 0.6 is 0 Å². The molecule has 3 rings (SSSR count). The summed E-state index contributed by atoms with van der Waals surface area (Å²) < 4.78 is 5.55. The van der Waals surface area contributed by atoms with Crippen molar-refractivity contribution in [2.24, 2.45) is 11.8 Å². The van der Waals surface area contributed by atoms with E-state index in [4.69, 9.17) is 4.74 Å². The Balaban J connectivity index is 1.56. The first-order chi connectivity index (χ1) is 8.36. The number of hydrogen-bond donors (Lipinski definition) is 1. The van der Waals surface area contributed by atoms with Gasteiger partial charge in [0.25, 0.3) is 0 Å². The summed E-state index contributed by atoms with van der Waals surface area (Å²) in [5.74, 6) is 1.76. The molecule has 1 N–H and O–H groups in total. The van der Waals surface area contributed by atoms with E-state index in [0.717, 1.165) is 37.6 Å². The van der Waals surface area contributed by atoms with Crippen LogP contribution in [0.5, 0.6) is 0 Å². The second kappa shape index (κ2) is 5.25. The fraction of sp³-hybridized carbons (Fsp3) is 1.00. The van der Waals surface area contributed by atoms with Crippen molar-refractivity contribution in [2.75, 3.05) is 32.8 Å². The van der Waals surface area contributed by atoms with Gasteiger partial charge >= 0.3 is 0 Å². The zero-order valence-electron chi connectivity index (χ0n) is 11.0. The summed E-state index contributed by atoms with van der Waals surface area (Å²) >= 11 is 0. The Morgan fingerprint density at radius 2 is 2.29 bits per heavy atom. The minimum absolute atomic E-state index is 0.654. The number of likely N-dealkylation sites (N-methyl/N-ethyl adjacent to an activating group) is 1. The molecule has 1 saturated carbocycles. The molecule has 2 aliphatic heterocycles. The molecular weight excluding hydrogens is 212 g/mol. The van der Waals surface area contributed by atoms with Crippen LogP contribution in [0.4, 0.5) is 0 Å². The lowest BCUT2D eigenvalue weighted by Gasteiger charge is -2.33. The number of nitrogens with zero attached hydrogens (tertiary/aromatic N) is 1. The molecule has 4 unspecified atom stereocenters. The highest BCUT2D eigenvalue weighted by Gasteiger charge is 2.39. The molecule has 0 radical (unpaired) electrons. The van der Waals surface area contributed by atoms with Crippen LogP contribution in [0.3, 0.4) is 0 Å². The third kappa shape index (κ3) is 2.51. The Hall–Kier alpha value is -0.120. The minimum Gasteiger partial charge on any atom is -0.381 e. The minimum atomic E-state index is 0.654. The lowest BCUT2D eigenvalue weighted by atomic mass is 9.97. The average molecular weight is 238 g/mol. The van der Waals surface area contributed by atoms with Gasteiger partial charge in [0.2, 0.25) is 0 Å². The molecular formula is C14H26N2O. The topological polar surface area (TPSA) is 24.5 Å². The largest absolute Gasteiger partial charge is 0.381 e. The second-order valence-corrected chi connectivity index (χ2v) is 6.07. The molecule has 3 nitrogen and oxygen atoms in total.